The van der Waals surface area contributed by atoms with E-state index in [4.69, 9.17) is 9.47 Å². The summed E-state index contributed by atoms with van der Waals surface area (Å²) in [4.78, 5) is 11.4. The van der Waals surface area contributed by atoms with Crippen molar-refractivity contribution in [1.82, 2.24) is 0 Å². The largest absolute Gasteiger partial charge is 0.497 e. The molecular weight excluding hydrogens is 288 g/mol. The summed E-state index contributed by atoms with van der Waals surface area (Å²) in [5, 5.41) is 0. The fourth-order valence-electron chi connectivity index (χ4n) is 1.92. The van der Waals surface area contributed by atoms with Gasteiger partial charge < -0.3 is 9.47 Å². The summed E-state index contributed by atoms with van der Waals surface area (Å²) in [6.45, 7) is 2.14. The summed E-state index contributed by atoms with van der Waals surface area (Å²) < 4.78 is 10.0. The maximum Gasteiger partial charge on any atom is 0.330 e. The molecule has 0 aromatic heterocycles. The number of hydrogen-bond donors (Lipinski definition) is 0. The van der Waals surface area contributed by atoms with Crippen molar-refractivity contribution in [2.24, 2.45) is 0 Å². The van der Waals surface area contributed by atoms with Crippen LogP contribution in [0.25, 0.3) is 6.08 Å². The number of ether oxygens (including phenoxy) is 2. The van der Waals surface area contributed by atoms with E-state index in [9.17, 15) is 4.79 Å². The average molecular weight is 306 g/mol. The minimum absolute atomic E-state index is 0.356. The van der Waals surface area contributed by atoms with Crippen LogP contribution in [0.4, 0.5) is 0 Å². The molecular formula is C20H18O3. The van der Waals surface area contributed by atoms with Crippen molar-refractivity contribution in [3.8, 4) is 17.6 Å². The molecule has 0 unspecified atom stereocenters. The Hall–Kier alpha value is -2.99. The quantitative estimate of drug-likeness (QED) is 0.491. The van der Waals surface area contributed by atoms with Gasteiger partial charge in [-0.1, -0.05) is 30.0 Å². The van der Waals surface area contributed by atoms with Crippen molar-refractivity contribution in [3.63, 3.8) is 0 Å². The predicted octanol–water partition coefficient (Wildman–Crippen LogP) is 3.67. The molecule has 0 atom stereocenters. The molecule has 3 heteroatoms. The van der Waals surface area contributed by atoms with Gasteiger partial charge in [0.2, 0.25) is 0 Å². The van der Waals surface area contributed by atoms with E-state index >= 15 is 0 Å². The first-order valence-corrected chi connectivity index (χ1v) is 7.33. The lowest BCUT2D eigenvalue weighted by Crippen LogP contribution is -1.98. The van der Waals surface area contributed by atoms with Gasteiger partial charge in [-0.05, 0) is 48.9 Å². The van der Waals surface area contributed by atoms with Crippen molar-refractivity contribution < 1.29 is 14.3 Å². The maximum absolute atomic E-state index is 11.4. The molecule has 0 spiro atoms. The Morgan fingerprint density at radius 2 is 1.83 bits per heavy atom. The van der Waals surface area contributed by atoms with Gasteiger partial charge in [0.25, 0.3) is 0 Å². The van der Waals surface area contributed by atoms with Gasteiger partial charge in [-0.3, -0.25) is 0 Å². The van der Waals surface area contributed by atoms with Crippen molar-refractivity contribution in [3.05, 3.63) is 71.3 Å². The van der Waals surface area contributed by atoms with Gasteiger partial charge >= 0.3 is 5.97 Å². The molecule has 0 radical (unpaired) electrons. The van der Waals surface area contributed by atoms with Crippen LogP contribution in [-0.2, 0) is 9.53 Å². The number of carbonyl (C=O) groups excluding carboxylic acids is 1. The van der Waals surface area contributed by atoms with Crippen molar-refractivity contribution in [2.45, 2.75) is 6.92 Å². The molecule has 0 saturated carbocycles. The zero-order valence-electron chi connectivity index (χ0n) is 13.2. The van der Waals surface area contributed by atoms with Crippen molar-refractivity contribution in [2.75, 3.05) is 13.7 Å². The third-order valence-corrected chi connectivity index (χ3v) is 3.08. The van der Waals surface area contributed by atoms with E-state index in [0.717, 1.165) is 22.4 Å². The molecule has 0 aliphatic carbocycles. The lowest BCUT2D eigenvalue weighted by molar-refractivity contribution is -0.137. The first-order valence-electron chi connectivity index (χ1n) is 7.33. The van der Waals surface area contributed by atoms with Crippen molar-refractivity contribution >= 4 is 12.0 Å². The molecule has 2 rings (SSSR count). The molecule has 0 aliphatic heterocycles. The molecule has 3 nitrogen and oxygen atoms in total. The third kappa shape index (κ3) is 5.05. The van der Waals surface area contributed by atoms with Gasteiger partial charge in [0.15, 0.2) is 0 Å². The lowest BCUT2D eigenvalue weighted by atomic mass is 10.1. The van der Waals surface area contributed by atoms with Gasteiger partial charge in [0, 0.05) is 17.2 Å². The summed E-state index contributed by atoms with van der Waals surface area (Å²) in [7, 11) is 1.63. The summed E-state index contributed by atoms with van der Waals surface area (Å²) in [6.07, 6.45) is 3.13. The van der Waals surface area contributed by atoms with E-state index in [0.29, 0.717) is 6.61 Å². The first-order chi connectivity index (χ1) is 11.2. The van der Waals surface area contributed by atoms with Crippen LogP contribution in [0.1, 0.15) is 23.6 Å². The molecule has 2 aromatic carbocycles. The molecule has 0 aliphatic rings. The van der Waals surface area contributed by atoms with Gasteiger partial charge in [0.1, 0.15) is 5.75 Å². The minimum atomic E-state index is -0.356. The second-order valence-corrected chi connectivity index (χ2v) is 4.65. The molecule has 0 fully saturated rings. The standard InChI is InChI=1S/C20H18O3/c1-3-23-20(21)15-12-18-7-5-4-6-17(18)11-8-16-9-13-19(22-2)14-10-16/h4-7,9-10,12-15H,3H2,1-2H3/b15-12+. The fraction of sp³-hybridized carbons (Fsp3) is 0.150. The van der Waals surface area contributed by atoms with E-state index in [1.165, 1.54) is 6.08 Å². The minimum Gasteiger partial charge on any atom is -0.497 e. The molecule has 0 bridgehead atoms. The second kappa shape index (κ2) is 8.45. The van der Waals surface area contributed by atoms with E-state index in [1.807, 2.05) is 48.5 Å². The number of rotatable bonds is 4. The zero-order valence-corrected chi connectivity index (χ0v) is 13.2. The SMILES string of the molecule is CCOC(=O)/C=C/c1ccccc1C#Cc1ccc(OC)cc1. The maximum atomic E-state index is 11.4. The lowest BCUT2D eigenvalue weighted by Gasteiger charge is -1.99. The number of benzene rings is 2. The summed E-state index contributed by atoms with van der Waals surface area (Å²) >= 11 is 0. The van der Waals surface area contributed by atoms with E-state index < -0.39 is 0 Å². The predicted molar refractivity (Wildman–Crippen MR) is 91.1 cm³/mol. The Bertz CT molecular complexity index is 746. The number of hydrogen-bond acceptors (Lipinski definition) is 3. The van der Waals surface area contributed by atoms with Gasteiger partial charge in [-0.15, -0.1) is 0 Å². The molecule has 2 aromatic rings. The fourth-order valence-corrected chi connectivity index (χ4v) is 1.92. The average Bonchev–Trinajstić information content (AvgIpc) is 2.59. The van der Waals surface area contributed by atoms with Crippen LogP contribution in [0.3, 0.4) is 0 Å². The Labute approximate surface area is 136 Å². The van der Waals surface area contributed by atoms with E-state index in [1.54, 1.807) is 20.1 Å². The summed E-state index contributed by atoms with van der Waals surface area (Å²) in [6, 6.07) is 15.2. The zero-order chi connectivity index (χ0) is 16.5. The molecule has 116 valence electrons. The Morgan fingerprint density at radius 3 is 2.52 bits per heavy atom. The normalized spacial score (nSPS) is 10.0. The van der Waals surface area contributed by atoms with Crippen molar-refractivity contribution in [1.29, 1.82) is 0 Å². The molecule has 23 heavy (non-hydrogen) atoms. The Morgan fingerprint density at radius 1 is 1.09 bits per heavy atom. The number of carbonyl (C=O) groups is 1. The summed E-state index contributed by atoms with van der Waals surface area (Å²) in [5.74, 6) is 6.68. The molecule has 0 saturated heterocycles. The number of esters is 1. The van der Waals surface area contributed by atoms with Gasteiger partial charge in [0.05, 0.1) is 13.7 Å². The smallest absolute Gasteiger partial charge is 0.330 e. The Balaban J connectivity index is 2.20. The molecule has 0 heterocycles. The van der Waals surface area contributed by atoms with Crippen LogP contribution in [-0.4, -0.2) is 19.7 Å². The van der Waals surface area contributed by atoms with Crippen LogP contribution in [0.15, 0.2) is 54.6 Å². The van der Waals surface area contributed by atoms with Gasteiger partial charge in [-0.25, -0.2) is 4.79 Å². The van der Waals surface area contributed by atoms with E-state index in [2.05, 4.69) is 11.8 Å². The third-order valence-electron chi connectivity index (χ3n) is 3.08. The highest BCUT2D eigenvalue weighted by molar-refractivity contribution is 5.87. The topological polar surface area (TPSA) is 35.5 Å². The van der Waals surface area contributed by atoms with Crippen LogP contribution in [0.2, 0.25) is 0 Å². The van der Waals surface area contributed by atoms with Crippen LogP contribution in [0, 0.1) is 11.8 Å². The van der Waals surface area contributed by atoms with E-state index in [-0.39, 0.29) is 5.97 Å². The van der Waals surface area contributed by atoms with Crippen LogP contribution >= 0.6 is 0 Å². The highest BCUT2D eigenvalue weighted by atomic mass is 16.5. The second-order valence-electron chi connectivity index (χ2n) is 4.65. The Kier molecular flexibility index (Phi) is 6.02. The van der Waals surface area contributed by atoms with Crippen LogP contribution in [0.5, 0.6) is 5.75 Å². The summed E-state index contributed by atoms with van der Waals surface area (Å²) in [5.41, 5.74) is 2.63. The highest BCUT2D eigenvalue weighted by Gasteiger charge is 1.98. The monoisotopic (exact) mass is 306 g/mol. The van der Waals surface area contributed by atoms with Gasteiger partial charge in [-0.2, -0.15) is 0 Å². The number of methoxy groups -OCH3 is 1. The molecule has 0 amide bonds. The highest BCUT2D eigenvalue weighted by Crippen LogP contribution is 2.12. The molecule has 0 N–H and O–H groups in total. The van der Waals surface area contributed by atoms with Crippen LogP contribution < -0.4 is 4.74 Å². The first kappa shape index (κ1) is 16.4.